The standard InChI is InChI=1S/C22H23N3O2/c1-14(22-24-18-7-2-3-8-19(18)25-22)23-21(27)12-11-20(26)17-10-9-15-5-4-6-16(15)13-17/h2-3,7-10,13-14H,4-6,11-12H2,1H3,(H,23,27)(H,24,25). The van der Waals surface area contributed by atoms with Crippen molar-refractivity contribution in [3.05, 3.63) is 65.0 Å². The molecular weight excluding hydrogens is 338 g/mol. The predicted octanol–water partition coefficient (Wildman–Crippen LogP) is 3.89. The van der Waals surface area contributed by atoms with Crippen molar-refractivity contribution < 1.29 is 9.59 Å². The van der Waals surface area contributed by atoms with Crippen LogP contribution in [0.2, 0.25) is 0 Å². The Hall–Kier alpha value is -2.95. The number of H-pyrrole nitrogens is 1. The van der Waals surface area contributed by atoms with E-state index in [1.54, 1.807) is 0 Å². The van der Waals surface area contributed by atoms with E-state index in [-0.39, 0.29) is 30.6 Å². The minimum absolute atomic E-state index is 0.0243. The van der Waals surface area contributed by atoms with Crippen molar-refractivity contribution in [1.82, 2.24) is 15.3 Å². The summed E-state index contributed by atoms with van der Waals surface area (Å²) in [5.41, 5.74) is 5.17. The van der Waals surface area contributed by atoms with E-state index in [1.165, 1.54) is 11.1 Å². The van der Waals surface area contributed by atoms with Crippen LogP contribution in [0.3, 0.4) is 0 Å². The Morgan fingerprint density at radius 2 is 1.93 bits per heavy atom. The van der Waals surface area contributed by atoms with Crippen LogP contribution in [0, 0.1) is 0 Å². The number of imidazole rings is 1. The van der Waals surface area contributed by atoms with Crippen molar-refractivity contribution >= 4 is 22.7 Å². The second-order valence-electron chi connectivity index (χ2n) is 7.19. The van der Waals surface area contributed by atoms with Gasteiger partial charge in [-0.15, -0.1) is 0 Å². The minimum Gasteiger partial charge on any atom is -0.346 e. The van der Waals surface area contributed by atoms with Gasteiger partial charge in [-0.2, -0.15) is 0 Å². The Balaban J connectivity index is 1.33. The SMILES string of the molecule is CC(NC(=O)CCC(=O)c1ccc2c(c1)CCC2)c1nc2ccccc2[nH]1. The number of rotatable bonds is 6. The van der Waals surface area contributed by atoms with Crippen LogP contribution in [0.1, 0.15) is 59.5 Å². The summed E-state index contributed by atoms with van der Waals surface area (Å²) < 4.78 is 0. The lowest BCUT2D eigenvalue weighted by Crippen LogP contribution is -2.27. The van der Waals surface area contributed by atoms with Gasteiger partial charge in [0, 0.05) is 18.4 Å². The molecule has 4 rings (SSSR count). The van der Waals surface area contributed by atoms with Gasteiger partial charge in [-0.25, -0.2) is 4.98 Å². The number of carbonyl (C=O) groups excluding carboxylic acids is 2. The molecule has 1 amide bonds. The molecule has 27 heavy (non-hydrogen) atoms. The lowest BCUT2D eigenvalue weighted by atomic mass is 10.0. The number of amides is 1. The highest BCUT2D eigenvalue weighted by Gasteiger charge is 2.17. The number of Topliss-reactive ketones (excluding diaryl/α,β-unsaturated/α-hetero) is 1. The maximum atomic E-state index is 12.4. The fourth-order valence-corrected chi connectivity index (χ4v) is 3.68. The molecule has 1 heterocycles. The van der Waals surface area contributed by atoms with Gasteiger partial charge in [-0.05, 0) is 55.5 Å². The van der Waals surface area contributed by atoms with Gasteiger partial charge in [0.2, 0.25) is 5.91 Å². The van der Waals surface area contributed by atoms with Gasteiger partial charge in [-0.1, -0.05) is 24.3 Å². The van der Waals surface area contributed by atoms with Crippen LogP contribution in [0.15, 0.2) is 42.5 Å². The monoisotopic (exact) mass is 361 g/mol. The first-order chi connectivity index (χ1) is 13.1. The number of aromatic nitrogens is 2. The van der Waals surface area contributed by atoms with E-state index >= 15 is 0 Å². The molecule has 3 aromatic rings. The highest BCUT2D eigenvalue weighted by Crippen LogP contribution is 2.23. The molecule has 0 aliphatic heterocycles. The van der Waals surface area contributed by atoms with E-state index < -0.39 is 0 Å². The Kier molecular flexibility index (Phi) is 4.75. The van der Waals surface area contributed by atoms with Gasteiger partial charge in [0.25, 0.3) is 0 Å². The predicted molar refractivity (Wildman–Crippen MR) is 105 cm³/mol. The molecule has 1 aromatic heterocycles. The summed E-state index contributed by atoms with van der Waals surface area (Å²) in [6.07, 6.45) is 3.71. The number of para-hydroxylation sites is 2. The van der Waals surface area contributed by atoms with Crippen LogP contribution in [-0.4, -0.2) is 21.7 Å². The van der Waals surface area contributed by atoms with E-state index in [9.17, 15) is 9.59 Å². The molecule has 0 saturated heterocycles. The molecule has 5 heteroatoms. The molecule has 0 spiro atoms. The summed E-state index contributed by atoms with van der Waals surface area (Å²) in [5.74, 6) is 0.600. The zero-order valence-corrected chi connectivity index (χ0v) is 15.4. The maximum Gasteiger partial charge on any atom is 0.221 e. The first-order valence-electron chi connectivity index (χ1n) is 9.49. The third kappa shape index (κ3) is 3.77. The fourth-order valence-electron chi connectivity index (χ4n) is 3.68. The molecule has 1 aliphatic carbocycles. The van der Waals surface area contributed by atoms with Gasteiger partial charge in [-0.3, -0.25) is 9.59 Å². The summed E-state index contributed by atoms with van der Waals surface area (Å²) in [6.45, 7) is 1.89. The molecule has 0 bridgehead atoms. The van der Waals surface area contributed by atoms with Crippen LogP contribution in [0.25, 0.3) is 11.0 Å². The van der Waals surface area contributed by atoms with Crippen LogP contribution in [0.5, 0.6) is 0 Å². The molecule has 0 saturated carbocycles. The van der Waals surface area contributed by atoms with Crippen molar-refractivity contribution in [2.75, 3.05) is 0 Å². The molecule has 1 aliphatic rings. The number of nitrogens with zero attached hydrogens (tertiary/aromatic N) is 1. The largest absolute Gasteiger partial charge is 0.346 e. The second kappa shape index (κ2) is 7.35. The Morgan fingerprint density at radius 1 is 1.11 bits per heavy atom. The minimum atomic E-state index is -0.236. The summed E-state index contributed by atoms with van der Waals surface area (Å²) in [4.78, 5) is 32.4. The van der Waals surface area contributed by atoms with Crippen molar-refractivity contribution in [1.29, 1.82) is 0 Å². The van der Waals surface area contributed by atoms with Crippen molar-refractivity contribution in [2.24, 2.45) is 0 Å². The zero-order chi connectivity index (χ0) is 18.8. The third-order valence-electron chi connectivity index (χ3n) is 5.19. The van der Waals surface area contributed by atoms with E-state index in [2.05, 4.69) is 21.4 Å². The zero-order valence-electron chi connectivity index (χ0n) is 15.4. The van der Waals surface area contributed by atoms with Crippen molar-refractivity contribution in [2.45, 2.75) is 45.1 Å². The molecule has 0 fully saturated rings. The van der Waals surface area contributed by atoms with E-state index in [0.29, 0.717) is 5.56 Å². The number of hydrogen-bond donors (Lipinski definition) is 2. The smallest absolute Gasteiger partial charge is 0.221 e. The lowest BCUT2D eigenvalue weighted by molar-refractivity contribution is -0.121. The molecule has 1 unspecified atom stereocenters. The normalized spacial score (nSPS) is 14.1. The summed E-state index contributed by atoms with van der Waals surface area (Å²) >= 11 is 0. The van der Waals surface area contributed by atoms with Crippen LogP contribution in [-0.2, 0) is 17.6 Å². The number of carbonyl (C=O) groups is 2. The maximum absolute atomic E-state index is 12.4. The fraction of sp³-hybridized carbons (Fsp3) is 0.318. The van der Waals surface area contributed by atoms with E-state index in [1.807, 2.05) is 43.3 Å². The second-order valence-corrected chi connectivity index (χ2v) is 7.19. The summed E-state index contributed by atoms with van der Waals surface area (Å²) in [6, 6.07) is 13.5. The number of ketones is 1. The quantitative estimate of drug-likeness (QED) is 0.654. The number of benzene rings is 2. The molecule has 1 atom stereocenters. The Labute approximate surface area is 158 Å². The highest BCUT2D eigenvalue weighted by atomic mass is 16.2. The van der Waals surface area contributed by atoms with Crippen LogP contribution >= 0.6 is 0 Å². The van der Waals surface area contributed by atoms with Gasteiger partial charge in [0.15, 0.2) is 5.78 Å². The molecular formula is C22H23N3O2. The molecule has 0 radical (unpaired) electrons. The lowest BCUT2D eigenvalue weighted by Gasteiger charge is -2.11. The molecule has 5 nitrogen and oxygen atoms in total. The molecule has 2 N–H and O–H groups in total. The average molecular weight is 361 g/mol. The van der Waals surface area contributed by atoms with Crippen LogP contribution in [0.4, 0.5) is 0 Å². The molecule has 138 valence electrons. The first kappa shape index (κ1) is 17.5. The van der Waals surface area contributed by atoms with Crippen molar-refractivity contribution in [3.63, 3.8) is 0 Å². The Bertz CT molecular complexity index is 973. The number of hydrogen-bond acceptors (Lipinski definition) is 3. The third-order valence-corrected chi connectivity index (χ3v) is 5.19. The van der Waals surface area contributed by atoms with Crippen molar-refractivity contribution in [3.8, 4) is 0 Å². The summed E-state index contributed by atoms with van der Waals surface area (Å²) in [7, 11) is 0. The number of aryl methyl sites for hydroxylation is 2. The number of fused-ring (bicyclic) bond motifs is 2. The van der Waals surface area contributed by atoms with Gasteiger partial charge < -0.3 is 10.3 Å². The highest BCUT2D eigenvalue weighted by molar-refractivity contribution is 5.98. The summed E-state index contributed by atoms with van der Waals surface area (Å²) in [5, 5.41) is 2.92. The van der Waals surface area contributed by atoms with Gasteiger partial charge in [0.05, 0.1) is 17.1 Å². The van der Waals surface area contributed by atoms with E-state index in [0.717, 1.165) is 36.1 Å². The topological polar surface area (TPSA) is 74.8 Å². The average Bonchev–Trinajstić information content (AvgIpc) is 3.31. The van der Waals surface area contributed by atoms with Crippen LogP contribution < -0.4 is 5.32 Å². The molecule has 2 aromatic carbocycles. The van der Waals surface area contributed by atoms with E-state index in [4.69, 9.17) is 0 Å². The number of aromatic amines is 1. The number of nitrogens with one attached hydrogen (secondary N) is 2. The van der Waals surface area contributed by atoms with Gasteiger partial charge in [0.1, 0.15) is 5.82 Å². The Morgan fingerprint density at radius 3 is 2.78 bits per heavy atom. The van der Waals surface area contributed by atoms with Gasteiger partial charge >= 0.3 is 0 Å². The first-order valence-corrected chi connectivity index (χ1v) is 9.49.